The molecule has 2 N–H and O–H groups in total. The highest BCUT2D eigenvalue weighted by atomic mass is 32.1. The van der Waals surface area contributed by atoms with Crippen LogP contribution >= 0.6 is 12.2 Å². The van der Waals surface area contributed by atoms with Crippen LogP contribution in [-0.4, -0.2) is 21.4 Å². The third-order valence-corrected chi connectivity index (χ3v) is 2.12. The minimum atomic E-state index is 0.655. The molecule has 0 saturated carbocycles. The molecule has 0 spiro atoms. The number of nitrogens with zero attached hydrogens (tertiary/aromatic N) is 2. The predicted octanol–water partition coefficient (Wildman–Crippen LogP) is 1.51. The van der Waals surface area contributed by atoms with Crippen molar-refractivity contribution in [1.82, 2.24) is 15.1 Å². The largest absolute Gasteiger partial charge is 0.362 e. The lowest BCUT2D eigenvalue weighted by molar-refractivity contribution is 0.754. The molecule has 0 aromatic carbocycles. The molecule has 0 aliphatic rings. The molecule has 5 heteroatoms. The number of anilines is 1. The van der Waals surface area contributed by atoms with Crippen LogP contribution in [0.4, 0.5) is 5.82 Å². The highest BCUT2D eigenvalue weighted by Gasteiger charge is 1.99. The highest BCUT2D eigenvalue weighted by molar-refractivity contribution is 7.80. The summed E-state index contributed by atoms with van der Waals surface area (Å²) >= 11 is 5.11. The second-order valence-electron chi connectivity index (χ2n) is 3.07. The zero-order valence-corrected chi connectivity index (χ0v) is 9.40. The Morgan fingerprint density at radius 1 is 1.64 bits per heavy atom. The number of aromatic nitrogens is 2. The molecule has 0 aliphatic heterocycles. The zero-order chi connectivity index (χ0) is 10.4. The van der Waals surface area contributed by atoms with Gasteiger partial charge in [-0.15, -0.1) is 0 Å². The summed E-state index contributed by atoms with van der Waals surface area (Å²) in [6, 6.07) is 1.88. The monoisotopic (exact) mass is 212 g/mol. The molecular formula is C9H16N4S. The van der Waals surface area contributed by atoms with E-state index in [-0.39, 0.29) is 0 Å². The Morgan fingerprint density at radius 2 is 2.43 bits per heavy atom. The molecule has 1 aromatic rings. The van der Waals surface area contributed by atoms with Crippen molar-refractivity contribution in [2.45, 2.75) is 19.8 Å². The lowest BCUT2D eigenvalue weighted by Gasteiger charge is -2.09. The predicted molar refractivity (Wildman–Crippen MR) is 62.3 cm³/mol. The Morgan fingerprint density at radius 3 is 3.00 bits per heavy atom. The van der Waals surface area contributed by atoms with Gasteiger partial charge in [0, 0.05) is 19.7 Å². The van der Waals surface area contributed by atoms with E-state index >= 15 is 0 Å². The molecule has 1 rings (SSSR count). The van der Waals surface area contributed by atoms with Crippen molar-refractivity contribution in [1.29, 1.82) is 0 Å². The van der Waals surface area contributed by atoms with Gasteiger partial charge in [0.25, 0.3) is 0 Å². The van der Waals surface area contributed by atoms with Crippen molar-refractivity contribution >= 4 is 23.1 Å². The second-order valence-corrected chi connectivity index (χ2v) is 3.48. The van der Waals surface area contributed by atoms with Gasteiger partial charge in [-0.2, -0.15) is 5.10 Å². The van der Waals surface area contributed by atoms with Crippen LogP contribution in [0.15, 0.2) is 12.3 Å². The Hall–Kier alpha value is -1.10. The van der Waals surface area contributed by atoms with Crippen LogP contribution in [0.1, 0.15) is 19.8 Å². The fourth-order valence-electron chi connectivity index (χ4n) is 1.04. The van der Waals surface area contributed by atoms with Gasteiger partial charge in [0.15, 0.2) is 5.11 Å². The third-order valence-electron chi connectivity index (χ3n) is 1.88. The average Bonchev–Trinajstić information content (AvgIpc) is 2.52. The van der Waals surface area contributed by atoms with Crippen molar-refractivity contribution < 1.29 is 0 Å². The zero-order valence-electron chi connectivity index (χ0n) is 8.58. The van der Waals surface area contributed by atoms with E-state index in [1.807, 2.05) is 13.1 Å². The van der Waals surface area contributed by atoms with Gasteiger partial charge in [-0.25, -0.2) is 0 Å². The van der Waals surface area contributed by atoms with Gasteiger partial charge in [0.05, 0.1) is 6.20 Å². The summed E-state index contributed by atoms with van der Waals surface area (Å²) in [5, 5.41) is 10.9. The van der Waals surface area contributed by atoms with E-state index in [0.717, 1.165) is 18.8 Å². The summed E-state index contributed by atoms with van der Waals surface area (Å²) in [4.78, 5) is 0. The molecule has 0 unspecified atom stereocenters. The molecule has 0 bridgehead atoms. The highest BCUT2D eigenvalue weighted by Crippen LogP contribution is 2.02. The number of rotatable bonds is 4. The first kappa shape index (κ1) is 11.0. The van der Waals surface area contributed by atoms with Crippen LogP contribution in [0, 0.1) is 0 Å². The maximum absolute atomic E-state index is 5.11. The van der Waals surface area contributed by atoms with E-state index in [4.69, 9.17) is 12.2 Å². The molecular weight excluding hydrogens is 196 g/mol. The molecule has 0 fully saturated rings. The molecule has 4 nitrogen and oxygen atoms in total. The summed E-state index contributed by atoms with van der Waals surface area (Å²) in [6.07, 6.45) is 4.03. The van der Waals surface area contributed by atoms with Crippen molar-refractivity contribution in [3.63, 3.8) is 0 Å². The van der Waals surface area contributed by atoms with Crippen LogP contribution in [0.25, 0.3) is 0 Å². The van der Waals surface area contributed by atoms with Gasteiger partial charge in [-0.05, 0) is 18.6 Å². The van der Waals surface area contributed by atoms with E-state index < -0.39 is 0 Å². The van der Waals surface area contributed by atoms with Gasteiger partial charge >= 0.3 is 0 Å². The first-order valence-corrected chi connectivity index (χ1v) is 5.17. The SMILES string of the molecule is CCCCNC(=S)Nc1ccnn1C. The first-order chi connectivity index (χ1) is 6.74. The second kappa shape index (κ2) is 5.59. The van der Waals surface area contributed by atoms with Gasteiger partial charge in [0.1, 0.15) is 5.82 Å². The number of hydrogen-bond donors (Lipinski definition) is 2. The van der Waals surface area contributed by atoms with Gasteiger partial charge in [-0.3, -0.25) is 4.68 Å². The quantitative estimate of drug-likeness (QED) is 0.586. The van der Waals surface area contributed by atoms with Crippen LogP contribution in [0.5, 0.6) is 0 Å². The molecule has 78 valence electrons. The maximum atomic E-state index is 5.11. The summed E-state index contributed by atoms with van der Waals surface area (Å²) in [7, 11) is 1.87. The standard InChI is InChI=1S/C9H16N4S/c1-3-4-6-10-9(14)12-8-5-7-11-13(8)2/h5,7H,3-4,6H2,1-2H3,(H2,10,12,14). The van der Waals surface area contributed by atoms with Gasteiger partial charge < -0.3 is 10.6 Å². The van der Waals surface area contributed by atoms with Crippen molar-refractivity contribution in [2.75, 3.05) is 11.9 Å². The molecule has 0 atom stereocenters. The van der Waals surface area contributed by atoms with Crippen LogP contribution < -0.4 is 10.6 Å². The van der Waals surface area contributed by atoms with E-state index in [0.29, 0.717) is 5.11 Å². The Balaban J connectivity index is 2.31. The number of unbranched alkanes of at least 4 members (excludes halogenated alkanes) is 1. The van der Waals surface area contributed by atoms with E-state index in [1.54, 1.807) is 10.9 Å². The van der Waals surface area contributed by atoms with Crippen molar-refractivity contribution in [3.8, 4) is 0 Å². The fourth-order valence-corrected chi connectivity index (χ4v) is 1.24. The number of hydrogen-bond acceptors (Lipinski definition) is 2. The summed E-state index contributed by atoms with van der Waals surface area (Å²) < 4.78 is 1.74. The van der Waals surface area contributed by atoms with Gasteiger partial charge in [-0.1, -0.05) is 13.3 Å². The normalized spacial score (nSPS) is 9.86. The summed E-state index contributed by atoms with van der Waals surface area (Å²) in [5.41, 5.74) is 0. The molecule has 0 amide bonds. The smallest absolute Gasteiger partial charge is 0.171 e. The van der Waals surface area contributed by atoms with Gasteiger partial charge in [0.2, 0.25) is 0 Å². The molecule has 1 heterocycles. The molecule has 14 heavy (non-hydrogen) atoms. The van der Waals surface area contributed by atoms with E-state index in [2.05, 4.69) is 22.7 Å². The minimum absolute atomic E-state index is 0.655. The lowest BCUT2D eigenvalue weighted by atomic mass is 10.3. The minimum Gasteiger partial charge on any atom is -0.362 e. The van der Waals surface area contributed by atoms with Crippen molar-refractivity contribution in [3.05, 3.63) is 12.3 Å². The number of nitrogens with one attached hydrogen (secondary N) is 2. The van der Waals surface area contributed by atoms with Crippen LogP contribution in [-0.2, 0) is 7.05 Å². The Bertz CT molecular complexity index is 295. The molecule has 1 aromatic heterocycles. The maximum Gasteiger partial charge on any atom is 0.171 e. The topological polar surface area (TPSA) is 41.9 Å². The fraction of sp³-hybridized carbons (Fsp3) is 0.556. The summed E-state index contributed by atoms with van der Waals surface area (Å²) in [5.74, 6) is 0.902. The lowest BCUT2D eigenvalue weighted by Crippen LogP contribution is -2.29. The van der Waals surface area contributed by atoms with Crippen LogP contribution in [0.3, 0.4) is 0 Å². The average molecular weight is 212 g/mol. The Labute approximate surface area is 89.7 Å². The van der Waals surface area contributed by atoms with E-state index in [1.165, 1.54) is 6.42 Å². The molecule has 0 aliphatic carbocycles. The van der Waals surface area contributed by atoms with Crippen LogP contribution in [0.2, 0.25) is 0 Å². The van der Waals surface area contributed by atoms with E-state index in [9.17, 15) is 0 Å². The molecule has 0 saturated heterocycles. The summed E-state index contributed by atoms with van der Waals surface area (Å²) in [6.45, 7) is 3.07. The third kappa shape index (κ3) is 3.33. The number of thiocarbonyl (C=S) groups is 1. The first-order valence-electron chi connectivity index (χ1n) is 4.77. The van der Waals surface area contributed by atoms with Crippen molar-refractivity contribution in [2.24, 2.45) is 7.05 Å². The molecule has 0 radical (unpaired) electrons. The Kier molecular flexibility index (Phi) is 4.39. The number of aryl methyl sites for hydroxylation is 1.